The van der Waals surface area contributed by atoms with Crippen LogP contribution in [0, 0.1) is 0 Å². The molecule has 0 unspecified atom stereocenters. The summed E-state index contributed by atoms with van der Waals surface area (Å²) in [6, 6.07) is 3.91. The lowest BCUT2D eigenvalue weighted by Crippen LogP contribution is -2.27. The van der Waals surface area contributed by atoms with Gasteiger partial charge in [0.2, 0.25) is 5.91 Å². The molecule has 3 nitrogen and oxygen atoms in total. The third-order valence-electron chi connectivity index (χ3n) is 1.67. The molecule has 0 bridgehead atoms. The number of amides is 1. The van der Waals surface area contributed by atoms with E-state index in [1.165, 1.54) is 0 Å². The van der Waals surface area contributed by atoms with Gasteiger partial charge in [0, 0.05) is 11.4 Å². The van der Waals surface area contributed by atoms with E-state index >= 15 is 0 Å². The Morgan fingerprint density at radius 2 is 2.27 bits per heavy atom. The molecule has 0 atom stereocenters. The van der Waals surface area contributed by atoms with Crippen LogP contribution in [0.4, 0.5) is 0 Å². The summed E-state index contributed by atoms with van der Waals surface area (Å²) in [6.07, 6.45) is 1.29. The maximum atomic E-state index is 11.3. The number of thiophene rings is 1. The van der Waals surface area contributed by atoms with E-state index in [0.717, 1.165) is 15.1 Å². The first-order valence-corrected chi connectivity index (χ1v) is 6.04. The highest BCUT2D eigenvalue weighted by Crippen LogP contribution is 2.22. The molecule has 86 valence electrons. The lowest BCUT2D eigenvalue weighted by atomic mass is 10.3. The van der Waals surface area contributed by atoms with E-state index < -0.39 is 0 Å². The first kappa shape index (κ1) is 14.9. The monoisotopic (exact) mass is 312 g/mol. The summed E-state index contributed by atoms with van der Waals surface area (Å²) in [5.74, 6) is 0.0628. The van der Waals surface area contributed by atoms with Gasteiger partial charge in [-0.3, -0.25) is 4.79 Å². The smallest absolute Gasteiger partial charge is 0.225 e. The van der Waals surface area contributed by atoms with Crippen molar-refractivity contribution in [3.8, 4) is 0 Å². The van der Waals surface area contributed by atoms with Crippen molar-refractivity contribution in [2.45, 2.75) is 12.8 Å². The van der Waals surface area contributed by atoms with Gasteiger partial charge >= 0.3 is 0 Å². The molecule has 15 heavy (non-hydrogen) atoms. The molecule has 0 aliphatic heterocycles. The lowest BCUT2D eigenvalue weighted by Gasteiger charge is -2.01. The van der Waals surface area contributed by atoms with E-state index in [0.29, 0.717) is 19.5 Å². The highest BCUT2D eigenvalue weighted by Gasteiger charge is 2.04. The molecule has 1 heterocycles. The zero-order valence-electron chi connectivity index (χ0n) is 8.16. The van der Waals surface area contributed by atoms with Gasteiger partial charge in [-0.05, 0) is 41.0 Å². The van der Waals surface area contributed by atoms with Gasteiger partial charge in [0.15, 0.2) is 0 Å². The molecule has 1 aromatic rings. The van der Waals surface area contributed by atoms with Crippen molar-refractivity contribution in [2.24, 2.45) is 5.73 Å². The summed E-state index contributed by atoms with van der Waals surface area (Å²) in [4.78, 5) is 12.4. The van der Waals surface area contributed by atoms with Crippen LogP contribution in [0.15, 0.2) is 15.9 Å². The molecule has 0 saturated carbocycles. The van der Waals surface area contributed by atoms with Crippen LogP contribution in [-0.2, 0) is 11.2 Å². The highest BCUT2D eigenvalue weighted by molar-refractivity contribution is 9.11. The Kier molecular flexibility index (Phi) is 8.04. The zero-order chi connectivity index (χ0) is 10.4. The largest absolute Gasteiger partial charge is 0.356 e. The third-order valence-corrected chi connectivity index (χ3v) is 3.29. The maximum absolute atomic E-state index is 11.3. The average molecular weight is 314 g/mol. The Labute approximate surface area is 108 Å². The van der Waals surface area contributed by atoms with Gasteiger partial charge in [0.1, 0.15) is 0 Å². The highest BCUT2D eigenvalue weighted by atomic mass is 79.9. The number of carbonyl (C=O) groups excluding carboxylic acids is 1. The molecule has 0 aromatic carbocycles. The summed E-state index contributed by atoms with van der Waals surface area (Å²) in [7, 11) is 0. The summed E-state index contributed by atoms with van der Waals surface area (Å²) in [5, 5.41) is 2.81. The first-order valence-electron chi connectivity index (χ1n) is 4.43. The summed E-state index contributed by atoms with van der Waals surface area (Å²) < 4.78 is 1.06. The maximum Gasteiger partial charge on any atom is 0.225 e. The van der Waals surface area contributed by atoms with Crippen molar-refractivity contribution in [1.29, 1.82) is 0 Å². The van der Waals surface area contributed by atoms with Crippen LogP contribution in [0.5, 0.6) is 0 Å². The van der Waals surface area contributed by atoms with Gasteiger partial charge in [0.25, 0.3) is 0 Å². The summed E-state index contributed by atoms with van der Waals surface area (Å²) >= 11 is 4.94. The topological polar surface area (TPSA) is 55.1 Å². The number of rotatable bonds is 5. The summed E-state index contributed by atoms with van der Waals surface area (Å²) in [5.41, 5.74) is 5.32. The standard InChI is InChI=1S/C9H13BrN2OS.ClH/c10-8-3-2-7(14-8)6-9(13)12-5-1-4-11;/h2-3H,1,4-6,11H2,(H,12,13);1H. The lowest BCUT2D eigenvalue weighted by molar-refractivity contribution is -0.120. The fraction of sp³-hybridized carbons (Fsp3) is 0.444. The molecule has 0 aliphatic rings. The van der Waals surface area contributed by atoms with E-state index in [9.17, 15) is 4.79 Å². The second-order valence-corrected chi connectivity index (χ2v) is 5.42. The van der Waals surface area contributed by atoms with Crippen LogP contribution >= 0.6 is 39.7 Å². The van der Waals surface area contributed by atoms with Crippen molar-refractivity contribution in [3.05, 3.63) is 20.8 Å². The molecule has 0 saturated heterocycles. The molecule has 6 heteroatoms. The molecule has 3 N–H and O–H groups in total. The quantitative estimate of drug-likeness (QED) is 0.816. The van der Waals surface area contributed by atoms with Crippen LogP contribution in [0.25, 0.3) is 0 Å². The van der Waals surface area contributed by atoms with Crippen molar-refractivity contribution < 1.29 is 4.79 Å². The average Bonchev–Trinajstić information content (AvgIpc) is 2.52. The number of halogens is 2. The zero-order valence-corrected chi connectivity index (χ0v) is 11.4. The van der Waals surface area contributed by atoms with E-state index in [-0.39, 0.29) is 18.3 Å². The summed E-state index contributed by atoms with van der Waals surface area (Å²) in [6.45, 7) is 1.28. The minimum absolute atomic E-state index is 0. The number of carbonyl (C=O) groups is 1. The van der Waals surface area contributed by atoms with Gasteiger partial charge in [-0.15, -0.1) is 23.7 Å². The van der Waals surface area contributed by atoms with E-state index in [4.69, 9.17) is 5.73 Å². The predicted molar refractivity (Wildman–Crippen MR) is 69.7 cm³/mol. The predicted octanol–water partition coefficient (Wildman–Crippen LogP) is 1.94. The molecule has 1 aromatic heterocycles. The number of hydrogen-bond donors (Lipinski definition) is 2. The molecule has 0 radical (unpaired) electrons. The Balaban J connectivity index is 0.00000196. The fourth-order valence-electron chi connectivity index (χ4n) is 0.997. The minimum atomic E-state index is 0. The van der Waals surface area contributed by atoms with Crippen molar-refractivity contribution in [2.75, 3.05) is 13.1 Å². The number of hydrogen-bond acceptors (Lipinski definition) is 3. The van der Waals surface area contributed by atoms with Crippen molar-refractivity contribution in [3.63, 3.8) is 0 Å². The van der Waals surface area contributed by atoms with E-state index in [1.54, 1.807) is 11.3 Å². The minimum Gasteiger partial charge on any atom is -0.356 e. The Bertz CT molecular complexity index is 306. The molecular formula is C9H14BrClN2OS. The fourth-order valence-corrected chi connectivity index (χ4v) is 2.48. The normalized spacial score (nSPS) is 9.47. The van der Waals surface area contributed by atoms with E-state index in [2.05, 4.69) is 21.2 Å². The number of nitrogens with two attached hydrogens (primary N) is 1. The van der Waals surface area contributed by atoms with Crippen LogP contribution in [0.1, 0.15) is 11.3 Å². The second kappa shape index (κ2) is 8.10. The van der Waals surface area contributed by atoms with E-state index in [1.807, 2.05) is 12.1 Å². The molecule has 1 amide bonds. The van der Waals surface area contributed by atoms with Crippen molar-refractivity contribution >= 4 is 45.6 Å². The molecule has 1 rings (SSSR count). The molecule has 0 spiro atoms. The SMILES string of the molecule is Cl.NCCCNC(=O)Cc1ccc(Br)s1. The van der Waals surface area contributed by atoms with Crippen LogP contribution in [0.2, 0.25) is 0 Å². The van der Waals surface area contributed by atoms with Gasteiger partial charge in [-0.1, -0.05) is 0 Å². The second-order valence-electron chi connectivity index (χ2n) is 2.87. The van der Waals surface area contributed by atoms with Gasteiger partial charge in [-0.2, -0.15) is 0 Å². The molecule has 0 aliphatic carbocycles. The van der Waals surface area contributed by atoms with Gasteiger partial charge in [-0.25, -0.2) is 0 Å². The van der Waals surface area contributed by atoms with Gasteiger partial charge < -0.3 is 11.1 Å². The Morgan fingerprint density at radius 1 is 1.53 bits per heavy atom. The van der Waals surface area contributed by atoms with Crippen LogP contribution < -0.4 is 11.1 Å². The number of nitrogens with one attached hydrogen (secondary N) is 1. The van der Waals surface area contributed by atoms with Crippen molar-refractivity contribution in [1.82, 2.24) is 5.32 Å². The first-order chi connectivity index (χ1) is 6.72. The van der Waals surface area contributed by atoms with Crippen LogP contribution in [-0.4, -0.2) is 19.0 Å². The molecular weight excluding hydrogens is 300 g/mol. The van der Waals surface area contributed by atoms with Gasteiger partial charge in [0.05, 0.1) is 10.2 Å². The Morgan fingerprint density at radius 3 is 2.80 bits per heavy atom. The third kappa shape index (κ3) is 6.14. The van der Waals surface area contributed by atoms with Crippen LogP contribution in [0.3, 0.4) is 0 Å². The Hall–Kier alpha value is -0.100. The molecule has 0 fully saturated rings.